The second-order valence-corrected chi connectivity index (χ2v) is 7.92. The smallest absolute Gasteiger partial charge is 0.255 e. The van der Waals surface area contributed by atoms with E-state index in [4.69, 9.17) is 27.9 Å². The zero-order valence-electron chi connectivity index (χ0n) is 17.0. The van der Waals surface area contributed by atoms with E-state index in [0.717, 1.165) is 31.9 Å². The van der Waals surface area contributed by atoms with E-state index in [1.807, 2.05) is 12.1 Å². The summed E-state index contributed by atoms with van der Waals surface area (Å²) in [6.07, 6.45) is 1.66. The lowest BCUT2D eigenvalue weighted by molar-refractivity contribution is 0.102. The molecule has 8 heteroatoms. The summed E-state index contributed by atoms with van der Waals surface area (Å²) in [7, 11) is 1.55. The predicted molar refractivity (Wildman–Crippen MR) is 126 cm³/mol. The van der Waals surface area contributed by atoms with Crippen LogP contribution in [-0.4, -0.2) is 44.2 Å². The zero-order valence-corrected chi connectivity index (χ0v) is 18.5. The molecule has 31 heavy (non-hydrogen) atoms. The molecule has 1 aliphatic heterocycles. The number of halogens is 2. The molecule has 3 aromatic rings. The highest BCUT2D eigenvalue weighted by Crippen LogP contribution is 2.34. The van der Waals surface area contributed by atoms with Gasteiger partial charge in [-0.15, -0.1) is 0 Å². The van der Waals surface area contributed by atoms with E-state index in [0.29, 0.717) is 38.3 Å². The molecule has 0 atom stereocenters. The van der Waals surface area contributed by atoms with Crippen molar-refractivity contribution in [1.29, 1.82) is 0 Å². The van der Waals surface area contributed by atoms with Crippen LogP contribution in [0.1, 0.15) is 10.4 Å². The first-order valence-electron chi connectivity index (χ1n) is 9.92. The highest BCUT2D eigenvalue weighted by Gasteiger charge is 2.17. The number of anilines is 2. The third-order valence-corrected chi connectivity index (χ3v) is 5.75. The predicted octanol–water partition coefficient (Wildman–Crippen LogP) is 4.73. The average molecular weight is 457 g/mol. The van der Waals surface area contributed by atoms with E-state index < -0.39 is 0 Å². The Labute approximate surface area is 191 Å². The molecule has 2 heterocycles. The van der Waals surface area contributed by atoms with Gasteiger partial charge in [-0.2, -0.15) is 0 Å². The van der Waals surface area contributed by atoms with Crippen molar-refractivity contribution in [2.75, 3.05) is 43.5 Å². The number of carbonyl (C=O) groups is 1. The molecule has 1 aliphatic rings. The number of nitrogens with zero attached hydrogens (tertiary/aromatic N) is 2. The molecule has 0 saturated carbocycles. The fourth-order valence-electron chi connectivity index (χ4n) is 3.56. The summed E-state index contributed by atoms with van der Waals surface area (Å²) in [6.45, 7) is 3.66. The van der Waals surface area contributed by atoms with Crippen LogP contribution in [0.15, 0.2) is 54.7 Å². The SMILES string of the molecule is COc1cc(C(=O)Nc2ccc(N3CCNCC3)c(Cl)c2)ccc1-c1ncccc1Cl. The maximum atomic E-state index is 12.8. The number of hydrogen-bond donors (Lipinski definition) is 2. The third kappa shape index (κ3) is 4.77. The van der Waals surface area contributed by atoms with Gasteiger partial charge >= 0.3 is 0 Å². The number of pyridine rings is 1. The number of rotatable bonds is 5. The second kappa shape index (κ2) is 9.56. The first-order valence-corrected chi connectivity index (χ1v) is 10.7. The van der Waals surface area contributed by atoms with Crippen molar-refractivity contribution < 1.29 is 9.53 Å². The van der Waals surface area contributed by atoms with Gasteiger partial charge in [-0.1, -0.05) is 23.2 Å². The lowest BCUT2D eigenvalue weighted by Gasteiger charge is -2.30. The average Bonchev–Trinajstić information content (AvgIpc) is 2.79. The van der Waals surface area contributed by atoms with Crippen LogP contribution in [0.5, 0.6) is 5.75 Å². The van der Waals surface area contributed by atoms with E-state index in [9.17, 15) is 4.79 Å². The molecule has 160 valence electrons. The minimum Gasteiger partial charge on any atom is -0.496 e. The van der Waals surface area contributed by atoms with E-state index in [2.05, 4.69) is 20.5 Å². The number of piperazine rings is 1. The molecule has 1 amide bonds. The topological polar surface area (TPSA) is 66.5 Å². The summed E-state index contributed by atoms with van der Waals surface area (Å²) < 4.78 is 5.49. The van der Waals surface area contributed by atoms with Crippen LogP contribution in [0.2, 0.25) is 10.0 Å². The fraction of sp³-hybridized carbons (Fsp3) is 0.217. The number of hydrogen-bond acceptors (Lipinski definition) is 5. The first kappa shape index (κ1) is 21.4. The van der Waals surface area contributed by atoms with Gasteiger partial charge in [0.25, 0.3) is 5.91 Å². The zero-order chi connectivity index (χ0) is 21.8. The normalized spacial score (nSPS) is 13.7. The highest BCUT2D eigenvalue weighted by atomic mass is 35.5. The Morgan fingerprint density at radius 3 is 2.61 bits per heavy atom. The summed E-state index contributed by atoms with van der Waals surface area (Å²) in [4.78, 5) is 19.4. The molecule has 0 spiro atoms. The van der Waals surface area contributed by atoms with Crippen LogP contribution < -0.4 is 20.3 Å². The Morgan fingerprint density at radius 2 is 1.90 bits per heavy atom. The van der Waals surface area contributed by atoms with Crippen molar-refractivity contribution in [3.05, 3.63) is 70.3 Å². The summed E-state index contributed by atoms with van der Waals surface area (Å²) >= 11 is 12.8. The van der Waals surface area contributed by atoms with E-state index in [1.54, 1.807) is 49.7 Å². The Balaban J connectivity index is 1.53. The van der Waals surface area contributed by atoms with Crippen LogP contribution >= 0.6 is 23.2 Å². The highest BCUT2D eigenvalue weighted by molar-refractivity contribution is 6.34. The van der Waals surface area contributed by atoms with Gasteiger partial charge in [0.1, 0.15) is 5.75 Å². The molecule has 1 fully saturated rings. The van der Waals surface area contributed by atoms with Crippen molar-refractivity contribution >= 4 is 40.5 Å². The molecule has 2 N–H and O–H groups in total. The molecular formula is C23H22Cl2N4O2. The largest absolute Gasteiger partial charge is 0.496 e. The minimum atomic E-state index is -0.261. The minimum absolute atomic E-state index is 0.261. The Hall–Kier alpha value is -2.80. The van der Waals surface area contributed by atoms with Crippen molar-refractivity contribution in [3.8, 4) is 17.0 Å². The number of benzene rings is 2. The molecule has 4 rings (SSSR count). The molecule has 0 unspecified atom stereocenters. The Kier molecular flexibility index (Phi) is 6.61. The van der Waals surface area contributed by atoms with Gasteiger partial charge in [-0.05, 0) is 48.5 Å². The van der Waals surface area contributed by atoms with Gasteiger partial charge < -0.3 is 20.3 Å². The maximum absolute atomic E-state index is 12.8. The van der Waals surface area contributed by atoms with Crippen LogP contribution in [0, 0.1) is 0 Å². The van der Waals surface area contributed by atoms with Crippen LogP contribution in [0.25, 0.3) is 11.3 Å². The molecule has 2 aromatic carbocycles. The number of carbonyl (C=O) groups excluding carboxylic acids is 1. The summed E-state index contributed by atoms with van der Waals surface area (Å²) in [5.41, 5.74) is 3.37. The van der Waals surface area contributed by atoms with Gasteiger partial charge in [0.2, 0.25) is 0 Å². The summed E-state index contributed by atoms with van der Waals surface area (Å²) in [5.74, 6) is 0.253. The Morgan fingerprint density at radius 1 is 1.10 bits per heavy atom. The number of aromatic nitrogens is 1. The molecule has 0 radical (unpaired) electrons. The molecule has 1 aromatic heterocycles. The molecular weight excluding hydrogens is 435 g/mol. The lowest BCUT2D eigenvalue weighted by atomic mass is 10.1. The third-order valence-electron chi connectivity index (χ3n) is 5.14. The van der Waals surface area contributed by atoms with Crippen LogP contribution in [0.4, 0.5) is 11.4 Å². The van der Waals surface area contributed by atoms with E-state index in [-0.39, 0.29) is 5.91 Å². The van der Waals surface area contributed by atoms with Crippen LogP contribution in [-0.2, 0) is 0 Å². The Bertz CT molecular complexity index is 1100. The monoisotopic (exact) mass is 456 g/mol. The standard InChI is InChI=1S/C23H22Cl2N4O2/c1-31-21-13-15(4-6-17(21)22-18(24)3-2-8-27-22)23(30)28-16-5-7-20(19(25)14-16)29-11-9-26-10-12-29/h2-8,13-14,26H,9-12H2,1H3,(H,28,30). The molecule has 0 bridgehead atoms. The van der Waals surface area contributed by atoms with Crippen molar-refractivity contribution in [3.63, 3.8) is 0 Å². The van der Waals surface area contributed by atoms with Crippen molar-refractivity contribution in [2.45, 2.75) is 0 Å². The first-order chi connectivity index (χ1) is 15.1. The summed E-state index contributed by atoms with van der Waals surface area (Å²) in [5, 5.41) is 7.34. The molecule has 6 nitrogen and oxygen atoms in total. The van der Waals surface area contributed by atoms with Crippen molar-refractivity contribution in [1.82, 2.24) is 10.3 Å². The molecule has 0 aliphatic carbocycles. The lowest BCUT2D eigenvalue weighted by Crippen LogP contribution is -2.43. The number of ether oxygens (including phenoxy) is 1. The van der Waals surface area contributed by atoms with Crippen molar-refractivity contribution in [2.24, 2.45) is 0 Å². The van der Waals surface area contributed by atoms with E-state index >= 15 is 0 Å². The van der Waals surface area contributed by atoms with Gasteiger partial charge in [0.15, 0.2) is 0 Å². The maximum Gasteiger partial charge on any atom is 0.255 e. The van der Waals surface area contributed by atoms with Crippen LogP contribution in [0.3, 0.4) is 0 Å². The molecule has 1 saturated heterocycles. The quantitative estimate of drug-likeness (QED) is 0.580. The van der Waals surface area contributed by atoms with Gasteiger partial charge in [0, 0.05) is 49.2 Å². The van der Waals surface area contributed by atoms with Gasteiger partial charge in [-0.3, -0.25) is 9.78 Å². The van der Waals surface area contributed by atoms with Gasteiger partial charge in [-0.25, -0.2) is 0 Å². The number of methoxy groups -OCH3 is 1. The summed E-state index contributed by atoms with van der Waals surface area (Å²) in [6, 6.07) is 14.3. The number of nitrogens with one attached hydrogen (secondary N) is 2. The van der Waals surface area contributed by atoms with Gasteiger partial charge in [0.05, 0.1) is 28.5 Å². The van der Waals surface area contributed by atoms with E-state index in [1.165, 1.54) is 0 Å². The second-order valence-electron chi connectivity index (χ2n) is 7.11. The number of amides is 1. The fourth-order valence-corrected chi connectivity index (χ4v) is 4.09.